The summed E-state index contributed by atoms with van der Waals surface area (Å²) in [5.74, 6) is -1.91. The molecule has 0 radical (unpaired) electrons. The molecule has 108 valence electrons. The zero-order chi connectivity index (χ0) is 14.4. The fourth-order valence-corrected chi connectivity index (χ4v) is 1.93. The lowest BCUT2D eigenvalue weighted by atomic mass is 10.3. The molecule has 0 saturated carbocycles. The Morgan fingerprint density at radius 3 is 2.16 bits per heavy atom. The molecule has 0 unspecified atom stereocenters. The van der Waals surface area contributed by atoms with Gasteiger partial charge in [-0.15, -0.1) is 0 Å². The molecule has 2 amide bonds. The second-order valence-electron chi connectivity index (χ2n) is 4.69. The van der Waals surface area contributed by atoms with Crippen molar-refractivity contribution >= 4 is 17.8 Å². The third-order valence-electron chi connectivity index (χ3n) is 2.95. The lowest BCUT2D eigenvalue weighted by Crippen LogP contribution is -2.51. The summed E-state index contributed by atoms with van der Waals surface area (Å²) in [5.41, 5.74) is 5.04. The Kier molecular flexibility index (Phi) is 5.71. The summed E-state index contributed by atoms with van der Waals surface area (Å²) in [7, 11) is 1.98. The highest BCUT2D eigenvalue weighted by atomic mass is 16.4. The second kappa shape index (κ2) is 7.05. The van der Waals surface area contributed by atoms with E-state index in [0.29, 0.717) is 13.1 Å². The summed E-state index contributed by atoms with van der Waals surface area (Å²) >= 11 is 0. The Morgan fingerprint density at radius 2 is 1.68 bits per heavy atom. The zero-order valence-corrected chi connectivity index (χ0v) is 11.0. The van der Waals surface area contributed by atoms with E-state index in [1.165, 1.54) is 4.90 Å². The van der Waals surface area contributed by atoms with Gasteiger partial charge in [-0.25, -0.2) is 0 Å². The second-order valence-corrected chi connectivity index (χ2v) is 4.69. The van der Waals surface area contributed by atoms with Crippen LogP contribution in [0, 0.1) is 0 Å². The van der Waals surface area contributed by atoms with E-state index in [-0.39, 0.29) is 25.5 Å². The number of likely N-dealkylation sites (N-methyl/N-ethyl adjacent to an activating group) is 1. The highest BCUT2D eigenvalue weighted by Crippen LogP contribution is 2.01. The van der Waals surface area contributed by atoms with Gasteiger partial charge in [0.05, 0.1) is 19.6 Å². The molecule has 3 N–H and O–H groups in total. The molecule has 0 aliphatic carbocycles. The predicted molar refractivity (Wildman–Crippen MR) is 67.3 cm³/mol. The number of carbonyl (C=O) groups excluding carboxylic acids is 2. The number of aliphatic carboxylic acids is 1. The van der Waals surface area contributed by atoms with E-state index < -0.39 is 11.9 Å². The maximum Gasteiger partial charge on any atom is 0.317 e. The first-order valence-corrected chi connectivity index (χ1v) is 6.07. The smallest absolute Gasteiger partial charge is 0.317 e. The molecule has 0 bridgehead atoms. The van der Waals surface area contributed by atoms with Crippen molar-refractivity contribution in [3.8, 4) is 0 Å². The van der Waals surface area contributed by atoms with Gasteiger partial charge in [-0.3, -0.25) is 19.3 Å². The van der Waals surface area contributed by atoms with Crippen LogP contribution in [0.2, 0.25) is 0 Å². The molecule has 0 aromatic heterocycles. The minimum absolute atomic E-state index is 0.0983. The molecule has 1 fully saturated rings. The van der Waals surface area contributed by atoms with Crippen molar-refractivity contribution < 1.29 is 19.5 Å². The van der Waals surface area contributed by atoms with E-state index in [0.717, 1.165) is 13.1 Å². The summed E-state index contributed by atoms with van der Waals surface area (Å²) in [6.07, 6.45) is 0. The van der Waals surface area contributed by atoms with Gasteiger partial charge in [0.2, 0.25) is 11.8 Å². The van der Waals surface area contributed by atoms with Gasteiger partial charge in [0.15, 0.2) is 0 Å². The third kappa shape index (κ3) is 5.66. The number of nitrogens with zero attached hydrogens (tertiary/aromatic N) is 3. The van der Waals surface area contributed by atoms with Crippen molar-refractivity contribution in [3.05, 3.63) is 0 Å². The van der Waals surface area contributed by atoms with Gasteiger partial charge < -0.3 is 20.6 Å². The minimum Gasteiger partial charge on any atom is -0.480 e. The molecule has 19 heavy (non-hydrogen) atoms. The van der Waals surface area contributed by atoms with Gasteiger partial charge in [0.25, 0.3) is 0 Å². The Bertz CT molecular complexity index is 337. The number of primary amides is 1. The van der Waals surface area contributed by atoms with Gasteiger partial charge >= 0.3 is 5.97 Å². The topological polar surface area (TPSA) is 107 Å². The number of amides is 2. The van der Waals surface area contributed by atoms with Crippen LogP contribution in [0.1, 0.15) is 0 Å². The SMILES string of the molecule is CN1CCN(C(=O)CN(CC(N)=O)CC(=O)O)CC1. The first-order chi connectivity index (χ1) is 8.88. The number of piperazine rings is 1. The van der Waals surface area contributed by atoms with Gasteiger partial charge in [0, 0.05) is 26.2 Å². The van der Waals surface area contributed by atoms with Crippen LogP contribution in [0.4, 0.5) is 0 Å². The fraction of sp³-hybridized carbons (Fsp3) is 0.727. The lowest BCUT2D eigenvalue weighted by Gasteiger charge is -2.33. The molecule has 8 nitrogen and oxygen atoms in total. The zero-order valence-electron chi connectivity index (χ0n) is 11.0. The molecule has 0 spiro atoms. The predicted octanol–water partition coefficient (Wildman–Crippen LogP) is -2.37. The van der Waals surface area contributed by atoms with E-state index >= 15 is 0 Å². The van der Waals surface area contributed by atoms with Crippen LogP contribution in [0.3, 0.4) is 0 Å². The molecule has 1 saturated heterocycles. The van der Waals surface area contributed by atoms with Crippen molar-refractivity contribution in [1.82, 2.24) is 14.7 Å². The van der Waals surface area contributed by atoms with E-state index in [4.69, 9.17) is 10.8 Å². The highest BCUT2D eigenvalue weighted by Gasteiger charge is 2.22. The summed E-state index contributed by atoms with van der Waals surface area (Å²) in [6, 6.07) is 0. The highest BCUT2D eigenvalue weighted by molar-refractivity contribution is 5.81. The normalized spacial score (nSPS) is 16.6. The van der Waals surface area contributed by atoms with Gasteiger partial charge in [-0.2, -0.15) is 0 Å². The molecule has 8 heteroatoms. The number of rotatable bonds is 6. The first kappa shape index (κ1) is 15.4. The van der Waals surface area contributed by atoms with E-state index in [2.05, 4.69) is 4.90 Å². The average molecular weight is 272 g/mol. The summed E-state index contributed by atoms with van der Waals surface area (Å²) in [6.45, 7) is 2.12. The number of hydrogen-bond donors (Lipinski definition) is 2. The van der Waals surface area contributed by atoms with Crippen LogP contribution in [0.25, 0.3) is 0 Å². The van der Waals surface area contributed by atoms with Crippen molar-refractivity contribution in [2.45, 2.75) is 0 Å². The van der Waals surface area contributed by atoms with Crippen LogP contribution in [-0.4, -0.2) is 90.5 Å². The molecule has 0 atom stereocenters. The molecule has 0 aromatic carbocycles. The van der Waals surface area contributed by atoms with Crippen LogP contribution >= 0.6 is 0 Å². The number of carboxylic acid groups (broad SMARTS) is 1. The lowest BCUT2D eigenvalue weighted by molar-refractivity contribution is -0.140. The fourth-order valence-electron chi connectivity index (χ4n) is 1.93. The van der Waals surface area contributed by atoms with Crippen molar-refractivity contribution in [1.29, 1.82) is 0 Å². The maximum atomic E-state index is 12.0. The van der Waals surface area contributed by atoms with Gasteiger partial charge in [-0.05, 0) is 7.05 Å². The van der Waals surface area contributed by atoms with Gasteiger partial charge in [-0.1, -0.05) is 0 Å². The average Bonchev–Trinajstić information content (AvgIpc) is 2.27. The molecule has 1 rings (SSSR count). The van der Waals surface area contributed by atoms with Crippen LogP contribution in [0.5, 0.6) is 0 Å². The minimum atomic E-state index is -1.09. The monoisotopic (exact) mass is 272 g/mol. The van der Waals surface area contributed by atoms with Crippen LogP contribution < -0.4 is 5.73 Å². The molecule has 0 aromatic rings. The number of carboxylic acids is 1. The molecule has 1 aliphatic heterocycles. The Hall–Kier alpha value is -1.67. The molecule has 1 heterocycles. The van der Waals surface area contributed by atoms with Crippen molar-refractivity contribution in [2.24, 2.45) is 5.73 Å². The van der Waals surface area contributed by atoms with Gasteiger partial charge in [0.1, 0.15) is 0 Å². The maximum absolute atomic E-state index is 12.0. The number of carbonyl (C=O) groups is 3. The van der Waals surface area contributed by atoms with Crippen molar-refractivity contribution in [3.63, 3.8) is 0 Å². The quantitative estimate of drug-likeness (QED) is 0.560. The summed E-state index contributed by atoms with van der Waals surface area (Å²) in [5, 5.41) is 8.73. The third-order valence-corrected chi connectivity index (χ3v) is 2.95. The van der Waals surface area contributed by atoms with E-state index in [1.807, 2.05) is 7.05 Å². The molecule has 1 aliphatic rings. The molecular weight excluding hydrogens is 252 g/mol. The van der Waals surface area contributed by atoms with Crippen molar-refractivity contribution in [2.75, 3.05) is 52.9 Å². The standard InChI is InChI=1S/C11H20N4O4/c1-13-2-4-15(5-3-13)10(17)7-14(6-9(12)16)8-11(18)19/h2-8H2,1H3,(H2,12,16)(H,18,19). The van der Waals surface area contributed by atoms with Crippen LogP contribution in [-0.2, 0) is 14.4 Å². The largest absolute Gasteiger partial charge is 0.480 e. The summed E-state index contributed by atoms with van der Waals surface area (Å²) < 4.78 is 0. The number of hydrogen-bond acceptors (Lipinski definition) is 5. The Morgan fingerprint density at radius 1 is 1.11 bits per heavy atom. The Balaban J connectivity index is 2.50. The van der Waals surface area contributed by atoms with E-state index in [1.54, 1.807) is 4.90 Å². The van der Waals surface area contributed by atoms with E-state index in [9.17, 15) is 14.4 Å². The number of nitrogens with two attached hydrogens (primary N) is 1. The van der Waals surface area contributed by atoms with Crippen LogP contribution in [0.15, 0.2) is 0 Å². The molecular formula is C11H20N4O4. The first-order valence-electron chi connectivity index (χ1n) is 6.07. The summed E-state index contributed by atoms with van der Waals surface area (Å²) in [4.78, 5) is 38.5. The Labute approximate surface area is 111 Å².